The zero-order valence-electron chi connectivity index (χ0n) is 10.3. The van der Waals surface area contributed by atoms with E-state index >= 15 is 0 Å². The van der Waals surface area contributed by atoms with Crippen LogP contribution in [0.1, 0.15) is 40.5 Å². The lowest BCUT2D eigenvalue weighted by Gasteiger charge is -2.19. The largest absolute Gasteiger partial charge is 0.382 e. The van der Waals surface area contributed by atoms with Gasteiger partial charge in [-0.05, 0) is 44.7 Å². The molecule has 0 aliphatic heterocycles. The highest BCUT2D eigenvalue weighted by atomic mass is 16.5. The summed E-state index contributed by atoms with van der Waals surface area (Å²) in [7, 11) is 0. The fourth-order valence-corrected chi connectivity index (χ4v) is 1.71. The molecule has 1 atom stereocenters. The second kappa shape index (κ2) is 9.47. The van der Waals surface area contributed by atoms with Gasteiger partial charge in [0.15, 0.2) is 0 Å². The van der Waals surface area contributed by atoms with E-state index in [1.54, 1.807) is 0 Å². The molecule has 2 heteroatoms. The number of rotatable bonds is 9. The lowest BCUT2D eigenvalue weighted by atomic mass is 9.94. The Morgan fingerprint density at radius 2 is 1.93 bits per heavy atom. The summed E-state index contributed by atoms with van der Waals surface area (Å²) in [5.74, 6) is 1.57. The molecule has 86 valence electrons. The molecule has 0 rings (SSSR count). The highest BCUT2D eigenvalue weighted by Crippen LogP contribution is 2.14. The van der Waals surface area contributed by atoms with E-state index in [2.05, 4.69) is 33.0 Å². The van der Waals surface area contributed by atoms with E-state index < -0.39 is 0 Å². The van der Waals surface area contributed by atoms with E-state index in [9.17, 15) is 0 Å². The zero-order valence-corrected chi connectivity index (χ0v) is 10.3. The number of hydrogen-bond donors (Lipinski definition) is 1. The molecule has 0 radical (unpaired) electrons. The Balaban J connectivity index is 3.61. The van der Waals surface area contributed by atoms with Gasteiger partial charge in [0.05, 0.1) is 0 Å². The van der Waals surface area contributed by atoms with Crippen molar-refractivity contribution in [2.45, 2.75) is 40.5 Å². The molecular weight excluding hydrogens is 174 g/mol. The van der Waals surface area contributed by atoms with Gasteiger partial charge < -0.3 is 10.1 Å². The Kier molecular flexibility index (Phi) is 9.42. The second-order valence-corrected chi connectivity index (χ2v) is 4.29. The van der Waals surface area contributed by atoms with Crippen molar-refractivity contribution in [2.75, 3.05) is 26.3 Å². The summed E-state index contributed by atoms with van der Waals surface area (Å²) < 4.78 is 5.40. The zero-order chi connectivity index (χ0) is 10.8. The van der Waals surface area contributed by atoms with Crippen molar-refractivity contribution in [3.05, 3.63) is 0 Å². The molecule has 0 saturated carbocycles. The lowest BCUT2D eigenvalue weighted by molar-refractivity contribution is 0.128. The number of nitrogens with one attached hydrogen (secondary N) is 1. The summed E-state index contributed by atoms with van der Waals surface area (Å²) in [5.41, 5.74) is 0. The summed E-state index contributed by atoms with van der Waals surface area (Å²) in [6.45, 7) is 12.8. The molecule has 1 unspecified atom stereocenters. The van der Waals surface area contributed by atoms with Gasteiger partial charge in [-0.15, -0.1) is 0 Å². The quantitative estimate of drug-likeness (QED) is 0.579. The standard InChI is InChI=1S/C12H27NO/c1-5-13-10-12(9-11(3)4)7-8-14-6-2/h11-13H,5-10H2,1-4H3. The molecule has 0 bridgehead atoms. The fourth-order valence-electron chi connectivity index (χ4n) is 1.71. The van der Waals surface area contributed by atoms with Crippen LogP contribution in [0.2, 0.25) is 0 Å². The highest BCUT2D eigenvalue weighted by Gasteiger charge is 2.09. The maximum atomic E-state index is 5.40. The number of hydrogen-bond acceptors (Lipinski definition) is 2. The molecule has 2 nitrogen and oxygen atoms in total. The van der Waals surface area contributed by atoms with Crippen LogP contribution in [0.15, 0.2) is 0 Å². The SMILES string of the molecule is CCNCC(CCOCC)CC(C)C. The second-order valence-electron chi connectivity index (χ2n) is 4.29. The van der Waals surface area contributed by atoms with Crippen LogP contribution in [0.25, 0.3) is 0 Å². The van der Waals surface area contributed by atoms with Crippen molar-refractivity contribution in [1.29, 1.82) is 0 Å². The van der Waals surface area contributed by atoms with Gasteiger partial charge in [0.2, 0.25) is 0 Å². The smallest absolute Gasteiger partial charge is 0.0469 e. The van der Waals surface area contributed by atoms with E-state index in [1.807, 2.05) is 0 Å². The molecule has 0 aromatic heterocycles. The van der Waals surface area contributed by atoms with Crippen LogP contribution >= 0.6 is 0 Å². The average molecular weight is 201 g/mol. The van der Waals surface area contributed by atoms with Crippen molar-refractivity contribution >= 4 is 0 Å². The van der Waals surface area contributed by atoms with Gasteiger partial charge in [-0.1, -0.05) is 20.8 Å². The van der Waals surface area contributed by atoms with Gasteiger partial charge in [-0.25, -0.2) is 0 Å². The molecule has 0 amide bonds. The van der Waals surface area contributed by atoms with Gasteiger partial charge in [0.1, 0.15) is 0 Å². The van der Waals surface area contributed by atoms with Crippen molar-refractivity contribution in [2.24, 2.45) is 11.8 Å². The van der Waals surface area contributed by atoms with E-state index in [0.29, 0.717) is 0 Å². The maximum Gasteiger partial charge on any atom is 0.0469 e. The van der Waals surface area contributed by atoms with Gasteiger partial charge >= 0.3 is 0 Å². The van der Waals surface area contributed by atoms with E-state index in [0.717, 1.165) is 38.1 Å². The third-order valence-corrected chi connectivity index (χ3v) is 2.36. The van der Waals surface area contributed by atoms with E-state index in [-0.39, 0.29) is 0 Å². The Morgan fingerprint density at radius 3 is 2.43 bits per heavy atom. The first-order valence-corrected chi connectivity index (χ1v) is 5.99. The third kappa shape index (κ3) is 8.52. The minimum atomic E-state index is 0.779. The Morgan fingerprint density at radius 1 is 1.21 bits per heavy atom. The van der Waals surface area contributed by atoms with Crippen LogP contribution in [-0.4, -0.2) is 26.3 Å². The predicted molar refractivity (Wildman–Crippen MR) is 62.6 cm³/mol. The third-order valence-electron chi connectivity index (χ3n) is 2.36. The van der Waals surface area contributed by atoms with Crippen molar-refractivity contribution < 1.29 is 4.74 Å². The van der Waals surface area contributed by atoms with Crippen LogP contribution in [0, 0.1) is 11.8 Å². The molecule has 0 heterocycles. The van der Waals surface area contributed by atoms with Crippen molar-refractivity contribution in [1.82, 2.24) is 5.32 Å². The van der Waals surface area contributed by atoms with Crippen LogP contribution in [0.3, 0.4) is 0 Å². The Bertz CT molecular complexity index is 115. The van der Waals surface area contributed by atoms with Crippen LogP contribution in [0.5, 0.6) is 0 Å². The molecular formula is C12H27NO. The van der Waals surface area contributed by atoms with Crippen molar-refractivity contribution in [3.63, 3.8) is 0 Å². The van der Waals surface area contributed by atoms with Gasteiger partial charge in [0, 0.05) is 13.2 Å². The summed E-state index contributed by atoms with van der Waals surface area (Å²) in [6, 6.07) is 0. The summed E-state index contributed by atoms with van der Waals surface area (Å²) in [4.78, 5) is 0. The topological polar surface area (TPSA) is 21.3 Å². The Labute approximate surface area is 89.4 Å². The Hall–Kier alpha value is -0.0800. The average Bonchev–Trinajstić information content (AvgIpc) is 2.13. The minimum Gasteiger partial charge on any atom is -0.382 e. The first-order valence-electron chi connectivity index (χ1n) is 5.99. The van der Waals surface area contributed by atoms with Crippen LogP contribution in [0.4, 0.5) is 0 Å². The van der Waals surface area contributed by atoms with Crippen molar-refractivity contribution in [3.8, 4) is 0 Å². The minimum absolute atomic E-state index is 0.779. The van der Waals surface area contributed by atoms with E-state index in [1.165, 1.54) is 12.8 Å². The molecule has 0 aliphatic carbocycles. The van der Waals surface area contributed by atoms with Crippen LogP contribution in [-0.2, 0) is 4.74 Å². The highest BCUT2D eigenvalue weighted by molar-refractivity contribution is 4.64. The molecule has 0 aliphatic rings. The fraction of sp³-hybridized carbons (Fsp3) is 1.00. The van der Waals surface area contributed by atoms with Crippen LogP contribution < -0.4 is 5.32 Å². The number of ether oxygens (including phenoxy) is 1. The summed E-state index contributed by atoms with van der Waals surface area (Å²) in [6.07, 6.45) is 2.50. The summed E-state index contributed by atoms with van der Waals surface area (Å²) >= 11 is 0. The summed E-state index contributed by atoms with van der Waals surface area (Å²) in [5, 5.41) is 3.43. The molecule has 0 aromatic carbocycles. The lowest BCUT2D eigenvalue weighted by Crippen LogP contribution is -2.24. The first-order chi connectivity index (χ1) is 6.70. The monoisotopic (exact) mass is 201 g/mol. The van der Waals surface area contributed by atoms with Gasteiger partial charge in [-0.3, -0.25) is 0 Å². The van der Waals surface area contributed by atoms with E-state index in [4.69, 9.17) is 4.74 Å². The first kappa shape index (κ1) is 13.9. The van der Waals surface area contributed by atoms with Gasteiger partial charge in [-0.2, -0.15) is 0 Å². The molecule has 0 spiro atoms. The van der Waals surface area contributed by atoms with Gasteiger partial charge in [0.25, 0.3) is 0 Å². The molecule has 0 saturated heterocycles. The molecule has 0 aromatic rings. The maximum absolute atomic E-state index is 5.40. The molecule has 0 fully saturated rings. The normalized spacial score (nSPS) is 13.5. The molecule has 14 heavy (non-hydrogen) atoms. The molecule has 1 N–H and O–H groups in total. The predicted octanol–water partition coefficient (Wildman–Crippen LogP) is 2.68.